The molecular formula is C14H20O3Si. The van der Waals surface area contributed by atoms with Gasteiger partial charge in [0, 0.05) is 12.8 Å². The van der Waals surface area contributed by atoms with Crippen LogP contribution in [0.4, 0.5) is 0 Å². The van der Waals surface area contributed by atoms with E-state index in [2.05, 4.69) is 13.1 Å². The Kier molecular flexibility index (Phi) is 4.84. The molecule has 98 valence electrons. The van der Waals surface area contributed by atoms with Gasteiger partial charge in [-0.2, -0.15) is 0 Å². The van der Waals surface area contributed by atoms with Gasteiger partial charge in [-0.05, 0) is 12.5 Å². The molecule has 1 aromatic carbocycles. The third-order valence-electron chi connectivity index (χ3n) is 3.49. The number of rotatable bonds is 6. The Hall–Kier alpha value is -1.42. The summed E-state index contributed by atoms with van der Waals surface area (Å²) in [5.74, 6) is -0.754. The molecule has 4 heteroatoms. The zero-order valence-electron chi connectivity index (χ0n) is 11.1. The highest BCUT2D eigenvalue weighted by molar-refractivity contribution is 6.91. The van der Waals surface area contributed by atoms with Gasteiger partial charge in [0.2, 0.25) is 0 Å². The molecule has 0 aromatic heterocycles. The summed E-state index contributed by atoms with van der Waals surface area (Å²) in [4.78, 5) is 22.3. The number of aliphatic carboxylic acids is 1. The van der Waals surface area contributed by atoms with Crippen molar-refractivity contribution in [3.8, 4) is 0 Å². The van der Waals surface area contributed by atoms with Gasteiger partial charge in [0.15, 0.2) is 0 Å². The van der Waals surface area contributed by atoms with Crippen LogP contribution in [0.2, 0.25) is 18.6 Å². The van der Waals surface area contributed by atoms with E-state index < -0.39 is 14.0 Å². The lowest BCUT2D eigenvalue weighted by molar-refractivity contribution is -0.137. The van der Waals surface area contributed by atoms with Gasteiger partial charge in [0.05, 0.1) is 8.07 Å². The second-order valence-corrected chi connectivity index (χ2v) is 10.1. The van der Waals surface area contributed by atoms with Crippen molar-refractivity contribution in [2.24, 2.45) is 0 Å². The number of hydrogen-bond acceptors (Lipinski definition) is 2. The Balaban J connectivity index is 3.02. The van der Waals surface area contributed by atoms with Crippen molar-refractivity contribution < 1.29 is 14.7 Å². The molecule has 0 heterocycles. The number of carbonyl (C=O) groups is 2. The third kappa shape index (κ3) is 3.80. The fourth-order valence-corrected chi connectivity index (χ4v) is 5.25. The minimum atomic E-state index is -1.94. The molecule has 3 nitrogen and oxygen atoms in total. The fourth-order valence-electron chi connectivity index (χ4n) is 2.24. The summed E-state index contributed by atoms with van der Waals surface area (Å²) < 4.78 is 0. The largest absolute Gasteiger partial charge is 0.481 e. The van der Waals surface area contributed by atoms with E-state index >= 15 is 0 Å². The molecule has 1 N–H and O–H groups in total. The van der Waals surface area contributed by atoms with E-state index in [0.717, 1.165) is 0 Å². The molecule has 0 spiro atoms. The molecule has 1 aromatic rings. The van der Waals surface area contributed by atoms with Crippen LogP contribution in [0.3, 0.4) is 0 Å². The summed E-state index contributed by atoms with van der Waals surface area (Å²) in [5, 5.41) is 10.2. The van der Waals surface area contributed by atoms with Gasteiger partial charge < -0.3 is 9.90 Å². The average Bonchev–Trinajstić information content (AvgIpc) is 2.28. The van der Waals surface area contributed by atoms with Crippen LogP contribution in [-0.2, 0) is 9.59 Å². The number of benzene rings is 1. The molecule has 0 unspecified atom stereocenters. The zero-order chi connectivity index (χ0) is 13.8. The predicted molar refractivity (Wildman–Crippen MR) is 74.9 cm³/mol. The Bertz CT molecular complexity index is 410. The van der Waals surface area contributed by atoms with Gasteiger partial charge in [0.1, 0.15) is 5.78 Å². The topological polar surface area (TPSA) is 54.4 Å². The van der Waals surface area contributed by atoms with E-state index in [9.17, 15) is 9.59 Å². The fraction of sp³-hybridized carbons (Fsp3) is 0.429. The summed E-state index contributed by atoms with van der Waals surface area (Å²) in [5.41, 5.74) is -0.0464. The van der Waals surface area contributed by atoms with Crippen molar-refractivity contribution in [2.45, 2.75) is 38.4 Å². The monoisotopic (exact) mass is 264 g/mol. The van der Waals surface area contributed by atoms with Crippen LogP contribution < -0.4 is 5.19 Å². The SMILES string of the molecule is CC(=O)C[C@H](CC(=O)O)[Si](C)(C)c1ccccc1. The van der Waals surface area contributed by atoms with Crippen molar-refractivity contribution in [1.29, 1.82) is 0 Å². The summed E-state index contributed by atoms with van der Waals surface area (Å²) in [6, 6.07) is 9.97. The third-order valence-corrected chi connectivity index (χ3v) is 7.76. The highest BCUT2D eigenvalue weighted by Crippen LogP contribution is 2.29. The molecule has 1 atom stereocenters. The summed E-state index contributed by atoms with van der Waals surface area (Å²) >= 11 is 0. The maximum Gasteiger partial charge on any atom is 0.303 e. The molecule has 0 saturated carbocycles. The van der Waals surface area contributed by atoms with Crippen molar-refractivity contribution in [3.05, 3.63) is 30.3 Å². The highest BCUT2D eigenvalue weighted by atomic mass is 28.3. The quantitative estimate of drug-likeness (QED) is 0.803. The first-order valence-corrected chi connectivity index (χ1v) is 9.18. The van der Waals surface area contributed by atoms with Crippen molar-refractivity contribution in [3.63, 3.8) is 0 Å². The minimum Gasteiger partial charge on any atom is -0.481 e. The number of Topliss-reactive ketones (excluding diaryl/α,β-unsaturated/α-hetero) is 1. The van der Waals surface area contributed by atoms with Gasteiger partial charge in [-0.3, -0.25) is 4.79 Å². The maximum atomic E-state index is 11.3. The Morgan fingerprint density at radius 3 is 2.17 bits per heavy atom. The first-order valence-electron chi connectivity index (χ1n) is 6.10. The highest BCUT2D eigenvalue weighted by Gasteiger charge is 2.35. The second-order valence-electron chi connectivity index (χ2n) is 5.29. The normalized spacial score (nSPS) is 13.1. The molecule has 0 saturated heterocycles. The minimum absolute atomic E-state index is 0.0464. The van der Waals surface area contributed by atoms with Crippen LogP contribution in [0, 0.1) is 0 Å². The van der Waals surface area contributed by atoms with E-state index in [1.54, 1.807) is 0 Å². The van der Waals surface area contributed by atoms with E-state index in [-0.39, 0.29) is 17.7 Å². The smallest absolute Gasteiger partial charge is 0.303 e. The van der Waals surface area contributed by atoms with Crippen LogP contribution in [0.15, 0.2) is 30.3 Å². The van der Waals surface area contributed by atoms with Gasteiger partial charge >= 0.3 is 5.97 Å². The number of ketones is 1. The molecule has 0 fully saturated rings. The Morgan fingerprint density at radius 1 is 1.17 bits per heavy atom. The maximum absolute atomic E-state index is 11.3. The predicted octanol–water partition coefficient (Wildman–Crippen LogP) is 2.43. The first-order chi connectivity index (χ1) is 8.34. The van der Waals surface area contributed by atoms with E-state index in [4.69, 9.17) is 5.11 Å². The van der Waals surface area contributed by atoms with Crippen LogP contribution >= 0.6 is 0 Å². The molecule has 0 amide bonds. The molecule has 0 radical (unpaired) electrons. The lowest BCUT2D eigenvalue weighted by Gasteiger charge is -2.31. The number of carboxylic acid groups (broad SMARTS) is 1. The summed E-state index contributed by atoms with van der Waals surface area (Å²) in [6.07, 6.45) is 0.439. The lowest BCUT2D eigenvalue weighted by Crippen LogP contribution is -2.47. The number of carbonyl (C=O) groups excluding carboxylic acids is 1. The summed E-state index contributed by atoms with van der Waals surface area (Å²) in [6.45, 7) is 5.81. The molecule has 1 rings (SSSR count). The Labute approximate surface area is 109 Å². The Morgan fingerprint density at radius 2 is 1.72 bits per heavy atom. The van der Waals surface area contributed by atoms with E-state index in [1.165, 1.54) is 12.1 Å². The summed E-state index contributed by atoms with van der Waals surface area (Å²) in [7, 11) is -1.94. The van der Waals surface area contributed by atoms with Crippen LogP contribution in [0.25, 0.3) is 0 Å². The number of carboxylic acids is 1. The van der Waals surface area contributed by atoms with Crippen molar-refractivity contribution >= 4 is 25.0 Å². The molecule has 0 bridgehead atoms. The van der Waals surface area contributed by atoms with Crippen LogP contribution in [-0.4, -0.2) is 24.9 Å². The second kappa shape index (κ2) is 5.95. The lowest BCUT2D eigenvalue weighted by atomic mass is 10.2. The van der Waals surface area contributed by atoms with Crippen LogP contribution in [0.1, 0.15) is 19.8 Å². The van der Waals surface area contributed by atoms with Gasteiger partial charge in [-0.1, -0.05) is 48.6 Å². The standard InChI is InChI=1S/C14H20O3Si/c1-11(15)9-13(10-14(16)17)18(2,3)12-7-5-4-6-8-12/h4-8,13H,9-10H2,1-3H3,(H,16,17)/t13-/m1/s1. The van der Waals surface area contributed by atoms with Gasteiger partial charge in [-0.15, -0.1) is 0 Å². The average molecular weight is 264 g/mol. The first kappa shape index (κ1) is 14.6. The molecule has 0 aliphatic carbocycles. The molecule has 0 aliphatic rings. The van der Waals surface area contributed by atoms with Crippen LogP contribution in [0.5, 0.6) is 0 Å². The van der Waals surface area contributed by atoms with Crippen molar-refractivity contribution in [2.75, 3.05) is 0 Å². The van der Waals surface area contributed by atoms with E-state index in [1.807, 2.05) is 30.3 Å². The zero-order valence-corrected chi connectivity index (χ0v) is 12.1. The van der Waals surface area contributed by atoms with Gasteiger partial charge in [0.25, 0.3) is 0 Å². The molecule has 0 aliphatic heterocycles. The molecule has 18 heavy (non-hydrogen) atoms. The molecular weight excluding hydrogens is 244 g/mol. The van der Waals surface area contributed by atoms with E-state index in [0.29, 0.717) is 6.42 Å². The number of hydrogen-bond donors (Lipinski definition) is 1. The van der Waals surface area contributed by atoms with Gasteiger partial charge in [-0.25, -0.2) is 0 Å². The van der Waals surface area contributed by atoms with Crippen molar-refractivity contribution in [1.82, 2.24) is 0 Å².